The van der Waals surface area contributed by atoms with Crippen molar-refractivity contribution in [2.45, 2.75) is 264 Å². The van der Waals surface area contributed by atoms with Crippen molar-refractivity contribution >= 4 is 17.9 Å². The van der Waals surface area contributed by atoms with Crippen LogP contribution in [-0.4, -0.2) is 37.2 Å². The molecule has 0 amide bonds. The van der Waals surface area contributed by atoms with Crippen molar-refractivity contribution in [2.75, 3.05) is 13.2 Å². The molecule has 0 fully saturated rings. The standard InChI is InChI=1S/C52H94O6/c1-4-7-10-13-16-18-20-22-23-24-25-26-27-28-29-31-32-34-36-39-42-45-51(54)57-48-49(47-56-50(53)44-41-38-15-12-9-6-3)58-52(55)46-43-40-37-35-33-30-21-19-17-14-11-8-5-2/h11,14,19,21,24-25,49H,4-10,12-13,15-18,20,22-23,26-48H2,1-3H3/b14-11-,21-19-,25-24-. The van der Waals surface area contributed by atoms with Gasteiger partial charge in [-0.15, -0.1) is 0 Å². The number of carbonyl (C=O) groups is 3. The van der Waals surface area contributed by atoms with Crippen LogP contribution in [0.5, 0.6) is 0 Å². The maximum absolute atomic E-state index is 12.7. The Morgan fingerprint density at radius 3 is 1.03 bits per heavy atom. The van der Waals surface area contributed by atoms with E-state index in [-0.39, 0.29) is 31.1 Å². The second-order valence-corrected chi connectivity index (χ2v) is 16.7. The maximum atomic E-state index is 12.7. The summed E-state index contributed by atoms with van der Waals surface area (Å²) in [6.07, 6.45) is 54.4. The molecule has 1 unspecified atom stereocenters. The molecule has 0 radical (unpaired) electrons. The van der Waals surface area contributed by atoms with Crippen LogP contribution in [0.4, 0.5) is 0 Å². The first-order valence-electron chi connectivity index (χ1n) is 25.0. The molecule has 0 spiro atoms. The summed E-state index contributed by atoms with van der Waals surface area (Å²) in [5.74, 6) is -0.898. The summed E-state index contributed by atoms with van der Waals surface area (Å²) >= 11 is 0. The zero-order valence-corrected chi connectivity index (χ0v) is 38.6. The van der Waals surface area contributed by atoms with Gasteiger partial charge in [0.2, 0.25) is 0 Å². The third-order valence-electron chi connectivity index (χ3n) is 10.8. The van der Waals surface area contributed by atoms with E-state index in [0.717, 1.165) is 89.9 Å². The normalized spacial score (nSPS) is 12.3. The van der Waals surface area contributed by atoms with E-state index < -0.39 is 6.10 Å². The SMILES string of the molecule is CCC/C=C\C/C=C\CCCCCCCC(=O)OC(COC(=O)CCCCCCCC)COC(=O)CCCCCCCCCCC/C=C\CCCCCCCCCC. The summed E-state index contributed by atoms with van der Waals surface area (Å²) in [5.41, 5.74) is 0. The van der Waals surface area contributed by atoms with Gasteiger partial charge in [-0.3, -0.25) is 14.4 Å². The van der Waals surface area contributed by atoms with E-state index >= 15 is 0 Å². The summed E-state index contributed by atoms with van der Waals surface area (Å²) in [4.78, 5) is 37.6. The first-order valence-corrected chi connectivity index (χ1v) is 25.0. The number of carbonyl (C=O) groups excluding carboxylic acids is 3. The van der Waals surface area contributed by atoms with Crippen LogP contribution in [0.1, 0.15) is 258 Å². The highest BCUT2D eigenvalue weighted by Crippen LogP contribution is 2.15. The predicted octanol–water partition coefficient (Wildman–Crippen LogP) is 16.1. The molecule has 0 aromatic carbocycles. The molecule has 0 bridgehead atoms. The van der Waals surface area contributed by atoms with Gasteiger partial charge in [0.1, 0.15) is 13.2 Å². The lowest BCUT2D eigenvalue weighted by atomic mass is 10.1. The van der Waals surface area contributed by atoms with Crippen LogP contribution in [0, 0.1) is 0 Å². The fourth-order valence-electron chi connectivity index (χ4n) is 7.06. The van der Waals surface area contributed by atoms with E-state index in [9.17, 15) is 14.4 Å². The first-order chi connectivity index (χ1) is 28.5. The van der Waals surface area contributed by atoms with Crippen LogP contribution in [0.15, 0.2) is 36.5 Å². The van der Waals surface area contributed by atoms with E-state index in [4.69, 9.17) is 14.2 Å². The Morgan fingerprint density at radius 2 is 0.655 bits per heavy atom. The fraction of sp³-hybridized carbons (Fsp3) is 0.827. The Labute approximate surface area is 359 Å². The average Bonchev–Trinajstić information content (AvgIpc) is 3.22. The molecule has 0 aromatic heterocycles. The highest BCUT2D eigenvalue weighted by Gasteiger charge is 2.19. The van der Waals surface area contributed by atoms with Gasteiger partial charge in [-0.1, -0.05) is 205 Å². The maximum Gasteiger partial charge on any atom is 0.306 e. The summed E-state index contributed by atoms with van der Waals surface area (Å²) in [7, 11) is 0. The summed E-state index contributed by atoms with van der Waals surface area (Å²) in [5, 5.41) is 0. The van der Waals surface area contributed by atoms with Gasteiger partial charge in [-0.25, -0.2) is 0 Å². The minimum absolute atomic E-state index is 0.0775. The molecule has 0 aliphatic rings. The second kappa shape index (κ2) is 47.3. The fourth-order valence-corrected chi connectivity index (χ4v) is 7.06. The lowest BCUT2D eigenvalue weighted by molar-refractivity contribution is -0.167. The van der Waals surface area contributed by atoms with Crippen LogP contribution in [0.2, 0.25) is 0 Å². The topological polar surface area (TPSA) is 78.9 Å². The van der Waals surface area contributed by atoms with Crippen molar-refractivity contribution in [1.82, 2.24) is 0 Å². The van der Waals surface area contributed by atoms with Gasteiger partial charge in [0.25, 0.3) is 0 Å². The molecule has 58 heavy (non-hydrogen) atoms. The molecule has 0 saturated carbocycles. The second-order valence-electron chi connectivity index (χ2n) is 16.7. The minimum atomic E-state index is -0.774. The Balaban J connectivity index is 4.16. The molecule has 0 aliphatic heterocycles. The number of esters is 3. The van der Waals surface area contributed by atoms with E-state index in [0.29, 0.717) is 19.3 Å². The summed E-state index contributed by atoms with van der Waals surface area (Å²) < 4.78 is 16.7. The van der Waals surface area contributed by atoms with Crippen molar-refractivity contribution in [3.63, 3.8) is 0 Å². The van der Waals surface area contributed by atoms with Crippen LogP contribution in [0.3, 0.4) is 0 Å². The lowest BCUT2D eigenvalue weighted by Crippen LogP contribution is -2.30. The zero-order valence-electron chi connectivity index (χ0n) is 38.6. The largest absolute Gasteiger partial charge is 0.462 e. The number of hydrogen-bond acceptors (Lipinski definition) is 6. The molecule has 0 saturated heterocycles. The van der Waals surface area contributed by atoms with Crippen molar-refractivity contribution in [3.05, 3.63) is 36.5 Å². The average molecular weight is 815 g/mol. The number of ether oxygens (including phenoxy) is 3. The smallest absolute Gasteiger partial charge is 0.306 e. The quantitative estimate of drug-likeness (QED) is 0.0264. The monoisotopic (exact) mass is 815 g/mol. The van der Waals surface area contributed by atoms with Gasteiger partial charge < -0.3 is 14.2 Å². The molecule has 0 aromatic rings. The van der Waals surface area contributed by atoms with Gasteiger partial charge in [-0.2, -0.15) is 0 Å². The number of rotatable bonds is 45. The molecule has 0 heterocycles. The molecule has 6 nitrogen and oxygen atoms in total. The lowest BCUT2D eigenvalue weighted by Gasteiger charge is -2.18. The first kappa shape index (κ1) is 55.6. The van der Waals surface area contributed by atoms with Crippen molar-refractivity contribution in [3.8, 4) is 0 Å². The molecule has 338 valence electrons. The van der Waals surface area contributed by atoms with Crippen LogP contribution >= 0.6 is 0 Å². The molecule has 1 atom stereocenters. The Morgan fingerprint density at radius 1 is 0.345 bits per heavy atom. The third-order valence-corrected chi connectivity index (χ3v) is 10.8. The Kier molecular flexibility index (Phi) is 45.4. The number of unbranched alkanes of at least 4 members (excludes halogenated alkanes) is 28. The van der Waals surface area contributed by atoms with Gasteiger partial charge in [-0.05, 0) is 70.6 Å². The Hall–Kier alpha value is -2.37. The summed E-state index contributed by atoms with van der Waals surface area (Å²) in [6.45, 7) is 6.51. The van der Waals surface area contributed by atoms with Crippen molar-refractivity contribution in [1.29, 1.82) is 0 Å². The highest BCUT2D eigenvalue weighted by molar-refractivity contribution is 5.71. The third kappa shape index (κ3) is 44.7. The van der Waals surface area contributed by atoms with Crippen LogP contribution < -0.4 is 0 Å². The molecule has 0 aliphatic carbocycles. The minimum Gasteiger partial charge on any atom is -0.462 e. The molecule has 6 heteroatoms. The van der Waals surface area contributed by atoms with E-state index in [1.165, 1.54) is 128 Å². The van der Waals surface area contributed by atoms with Gasteiger partial charge >= 0.3 is 17.9 Å². The van der Waals surface area contributed by atoms with E-state index in [1.54, 1.807) is 0 Å². The van der Waals surface area contributed by atoms with Crippen molar-refractivity contribution in [2.24, 2.45) is 0 Å². The van der Waals surface area contributed by atoms with E-state index in [1.807, 2.05) is 0 Å². The molecular formula is C52H94O6. The molecule has 0 N–H and O–H groups in total. The van der Waals surface area contributed by atoms with Gasteiger partial charge in [0.05, 0.1) is 0 Å². The molecule has 0 rings (SSSR count). The van der Waals surface area contributed by atoms with Gasteiger partial charge in [0.15, 0.2) is 6.10 Å². The predicted molar refractivity (Wildman–Crippen MR) is 247 cm³/mol. The highest BCUT2D eigenvalue weighted by atomic mass is 16.6. The van der Waals surface area contributed by atoms with Crippen molar-refractivity contribution < 1.29 is 28.6 Å². The number of hydrogen-bond donors (Lipinski definition) is 0. The van der Waals surface area contributed by atoms with E-state index in [2.05, 4.69) is 57.2 Å². The number of allylic oxidation sites excluding steroid dienone is 6. The van der Waals surface area contributed by atoms with Crippen LogP contribution in [0.25, 0.3) is 0 Å². The summed E-state index contributed by atoms with van der Waals surface area (Å²) in [6, 6.07) is 0. The zero-order chi connectivity index (χ0) is 42.3. The van der Waals surface area contributed by atoms with Gasteiger partial charge in [0, 0.05) is 19.3 Å². The van der Waals surface area contributed by atoms with Crippen LogP contribution in [-0.2, 0) is 28.6 Å². The molecular weight excluding hydrogens is 721 g/mol. The Bertz CT molecular complexity index is 984.